The number of nitrogens with two attached hydrogens (primary N) is 1. The average Bonchev–Trinajstić information content (AvgIpc) is 3.15. The molecule has 110 valence electrons. The van der Waals surface area contributed by atoms with Gasteiger partial charge in [-0.15, -0.1) is 0 Å². The van der Waals surface area contributed by atoms with Crippen LogP contribution in [0.3, 0.4) is 0 Å². The summed E-state index contributed by atoms with van der Waals surface area (Å²) in [5.41, 5.74) is 5.27. The summed E-state index contributed by atoms with van der Waals surface area (Å²) in [5.74, 6) is -1.07. The predicted octanol–water partition coefficient (Wildman–Crippen LogP) is 0.727. The van der Waals surface area contributed by atoms with Gasteiger partial charge < -0.3 is 11.1 Å². The summed E-state index contributed by atoms with van der Waals surface area (Å²) in [4.78, 5) is 11.2. The van der Waals surface area contributed by atoms with Crippen LogP contribution in [-0.2, 0) is 14.8 Å². The van der Waals surface area contributed by atoms with E-state index in [9.17, 15) is 17.6 Å². The third-order valence-electron chi connectivity index (χ3n) is 2.71. The number of carbonyl (C=O) groups is 1. The second-order valence-electron chi connectivity index (χ2n) is 4.47. The first kappa shape index (κ1) is 15.2. The van der Waals surface area contributed by atoms with Crippen LogP contribution in [-0.4, -0.2) is 26.9 Å². The largest absolute Gasteiger partial charge is 0.398 e. The Morgan fingerprint density at radius 2 is 2.10 bits per heavy atom. The molecular formula is C11H13BrFN3O3S. The summed E-state index contributed by atoms with van der Waals surface area (Å²) in [6.45, 7) is -0.382. The van der Waals surface area contributed by atoms with Gasteiger partial charge >= 0.3 is 0 Å². The van der Waals surface area contributed by atoms with Crippen molar-refractivity contribution in [1.29, 1.82) is 0 Å². The molecule has 1 aromatic rings. The second kappa shape index (κ2) is 5.66. The third kappa shape index (κ3) is 3.68. The zero-order valence-electron chi connectivity index (χ0n) is 10.3. The van der Waals surface area contributed by atoms with Gasteiger partial charge in [0.15, 0.2) is 0 Å². The van der Waals surface area contributed by atoms with Crippen molar-refractivity contribution in [2.45, 2.75) is 23.8 Å². The summed E-state index contributed by atoms with van der Waals surface area (Å²) in [5, 5.41) is 2.65. The fraction of sp³-hybridized carbons (Fsp3) is 0.364. The zero-order chi connectivity index (χ0) is 14.9. The van der Waals surface area contributed by atoms with Crippen LogP contribution >= 0.6 is 15.9 Å². The van der Waals surface area contributed by atoms with Gasteiger partial charge in [-0.2, -0.15) is 0 Å². The van der Waals surface area contributed by atoms with Gasteiger partial charge in [0.2, 0.25) is 15.9 Å². The molecule has 0 spiro atoms. The van der Waals surface area contributed by atoms with E-state index in [0.29, 0.717) is 0 Å². The molecule has 4 N–H and O–H groups in total. The molecule has 0 atom stereocenters. The van der Waals surface area contributed by atoms with Gasteiger partial charge in [0.05, 0.1) is 16.7 Å². The minimum absolute atomic E-state index is 0.0190. The first-order valence-corrected chi connectivity index (χ1v) is 8.11. The van der Waals surface area contributed by atoms with Crippen LogP contribution < -0.4 is 15.8 Å². The van der Waals surface area contributed by atoms with E-state index >= 15 is 0 Å². The van der Waals surface area contributed by atoms with E-state index in [4.69, 9.17) is 5.73 Å². The highest BCUT2D eigenvalue weighted by molar-refractivity contribution is 9.10. The summed E-state index contributed by atoms with van der Waals surface area (Å²) in [6, 6.07) is 2.12. The minimum Gasteiger partial charge on any atom is -0.398 e. The zero-order valence-corrected chi connectivity index (χ0v) is 12.7. The molecule has 0 aliphatic heterocycles. The first-order valence-electron chi connectivity index (χ1n) is 5.83. The number of halogens is 2. The highest BCUT2D eigenvalue weighted by atomic mass is 79.9. The lowest BCUT2D eigenvalue weighted by Gasteiger charge is -2.10. The standard InChI is InChI=1S/C11H13BrFN3O3S/c12-7-3-10(9(14)4-8(7)13)20(18,19)15-5-11(17)16-6-1-2-6/h3-4,6,15H,1-2,5,14H2,(H,16,17). The van der Waals surface area contributed by atoms with E-state index in [2.05, 4.69) is 26.0 Å². The maximum Gasteiger partial charge on any atom is 0.243 e. The van der Waals surface area contributed by atoms with E-state index < -0.39 is 21.7 Å². The molecule has 1 amide bonds. The monoisotopic (exact) mass is 365 g/mol. The Morgan fingerprint density at radius 3 is 2.70 bits per heavy atom. The number of hydrogen-bond donors (Lipinski definition) is 3. The number of benzene rings is 1. The number of hydrogen-bond acceptors (Lipinski definition) is 4. The lowest BCUT2D eigenvalue weighted by Crippen LogP contribution is -2.38. The molecule has 0 saturated heterocycles. The first-order chi connectivity index (χ1) is 9.29. The average molecular weight is 366 g/mol. The number of amides is 1. The van der Waals surface area contributed by atoms with E-state index in [-0.39, 0.29) is 27.6 Å². The van der Waals surface area contributed by atoms with E-state index in [1.165, 1.54) is 0 Å². The van der Waals surface area contributed by atoms with Crippen LogP contribution in [0.1, 0.15) is 12.8 Å². The Morgan fingerprint density at radius 1 is 1.45 bits per heavy atom. The van der Waals surface area contributed by atoms with Gasteiger partial charge in [-0.05, 0) is 40.9 Å². The normalized spacial score (nSPS) is 15.1. The van der Waals surface area contributed by atoms with E-state index in [0.717, 1.165) is 25.0 Å². The van der Waals surface area contributed by atoms with Crippen LogP contribution in [0.5, 0.6) is 0 Å². The molecule has 1 aliphatic rings. The second-order valence-corrected chi connectivity index (χ2v) is 7.06. The smallest absolute Gasteiger partial charge is 0.243 e. The van der Waals surface area contributed by atoms with E-state index in [1.54, 1.807) is 0 Å². The number of nitrogen functional groups attached to an aromatic ring is 1. The van der Waals surface area contributed by atoms with Crippen molar-refractivity contribution >= 4 is 37.5 Å². The fourth-order valence-corrected chi connectivity index (χ4v) is 3.14. The van der Waals surface area contributed by atoms with Crippen molar-refractivity contribution in [2.75, 3.05) is 12.3 Å². The van der Waals surface area contributed by atoms with Crippen LogP contribution in [0.4, 0.5) is 10.1 Å². The van der Waals surface area contributed by atoms with Gasteiger partial charge in [-0.3, -0.25) is 4.79 Å². The van der Waals surface area contributed by atoms with Crippen LogP contribution in [0.25, 0.3) is 0 Å². The van der Waals surface area contributed by atoms with Crippen molar-refractivity contribution in [3.05, 3.63) is 22.4 Å². The van der Waals surface area contributed by atoms with Crippen molar-refractivity contribution in [1.82, 2.24) is 10.0 Å². The molecule has 0 heterocycles. The Kier molecular flexibility index (Phi) is 4.31. The number of anilines is 1. The number of sulfonamides is 1. The van der Waals surface area contributed by atoms with Gasteiger partial charge in [0.1, 0.15) is 10.7 Å². The third-order valence-corrected chi connectivity index (χ3v) is 4.77. The molecule has 6 nitrogen and oxygen atoms in total. The molecule has 0 unspecified atom stereocenters. The highest BCUT2D eigenvalue weighted by Crippen LogP contribution is 2.26. The molecule has 1 saturated carbocycles. The molecule has 20 heavy (non-hydrogen) atoms. The highest BCUT2D eigenvalue weighted by Gasteiger charge is 2.25. The number of nitrogens with one attached hydrogen (secondary N) is 2. The fourth-order valence-electron chi connectivity index (χ4n) is 1.52. The lowest BCUT2D eigenvalue weighted by atomic mass is 10.3. The molecule has 0 radical (unpaired) electrons. The summed E-state index contributed by atoms with van der Waals surface area (Å²) < 4.78 is 39.3. The number of carbonyl (C=O) groups excluding carboxylic acids is 1. The Balaban J connectivity index is 2.09. The molecule has 0 aromatic heterocycles. The van der Waals surface area contributed by atoms with Crippen molar-refractivity contribution in [3.63, 3.8) is 0 Å². The summed E-state index contributed by atoms with van der Waals surface area (Å²) in [6.07, 6.45) is 1.83. The molecule has 0 bridgehead atoms. The Labute approximate surface area is 124 Å². The Bertz CT molecular complexity index is 647. The van der Waals surface area contributed by atoms with Crippen molar-refractivity contribution < 1.29 is 17.6 Å². The number of rotatable bonds is 5. The van der Waals surface area contributed by atoms with Crippen LogP contribution in [0.2, 0.25) is 0 Å². The molecule has 1 fully saturated rings. The topological polar surface area (TPSA) is 101 Å². The van der Waals surface area contributed by atoms with Crippen molar-refractivity contribution in [2.24, 2.45) is 0 Å². The molecule has 1 aliphatic carbocycles. The summed E-state index contributed by atoms with van der Waals surface area (Å²) in [7, 11) is -3.97. The maximum atomic E-state index is 13.2. The van der Waals surface area contributed by atoms with Gasteiger partial charge in [0.25, 0.3) is 0 Å². The quantitative estimate of drug-likeness (QED) is 0.669. The van der Waals surface area contributed by atoms with E-state index in [1.807, 2.05) is 0 Å². The molecule has 2 rings (SSSR count). The van der Waals surface area contributed by atoms with Gasteiger partial charge in [-0.25, -0.2) is 17.5 Å². The van der Waals surface area contributed by atoms with Gasteiger partial charge in [-0.1, -0.05) is 0 Å². The Hall–Kier alpha value is -1.19. The maximum absolute atomic E-state index is 13.2. The minimum atomic E-state index is -3.97. The van der Waals surface area contributed by atoms with Gasteiger partial charge in [0, 0.05) is 6.04 Å². The molecule has 1 aromatic carbocycles. The predicted molar refractivity (Wildman–Crippen MR) is 74.9 cm³/mol. The SMILES string of the molecule is Nc1cc(F)c(Br)cc1S(=O)(=O)NCC(=O)NC1CC1. The van der Waals surface area contributed by atoms with Crippen LogP contribution in [0, 0.1) is 5.82 Å². The summed E-state index contributed by atoms with van der Waals surface area (Å²) >= 11 is 2.89. The molecule has 9 heteroatoms. The van der Waals surface area contributed by atoms with Crippen LogP contribution in [0.15, 0.2) is 21.5 Å². The van der Waals surface area contributed by atoms with Crippen molar-refractivity contribution in [3.8, 4) is 0 Å². The lowest BCUT2D eigenvalue weighted by molar-refractivity contribution is -0.120. The molecular weight excluding hydrogens is 353 g/mol.